The van der Waals surface area contributed by atoms with Gasteiger partial charge in [-0.05, 0) is 66.9 Å². The highest BCUT2D eigenvalue weighted by molar-refractivity contribution is 5.92. The smallest absolute Gasteiger partial charge is 0.224 e. The summed E-state index contributed by atoms with van der Waals surface area (Å²) >= 11 is 0. The number of hydrogen-bond donors (Lipinski definition) is 4. The number of rotatable bonds is 7. The van der Waals surface area contributed by atoms with Crippen molar-refractivity contribution in [1.82, 2.24) is 4.98 Å². The average Bonchev–Trinajstić information content (AvgIpc) is 3.04. The van der Waals surface area contributed by atoms with Gasteiger partial charge in [0.15, 0.2) is 0 Å². The molecule has 0 saturated carbocycles. The van der Waals surface area contributed by atoms with E-state index in [1.54, 1.807) is 24.3 Å². The molecule has 0 saturated heterocycles. The number of hydrogen-bond acceptors (Lipinski definition) is 3. The first kappa shape index (κ1) is 18.7. The van der Waals surface area contributed by atoms with Crippen LogP contribution < -0.4 is 16.4 Å². The summed E-state index contributed by atoms with van der Waals surface area (Å²) < 4.78 is 0. The molecular formula is C21H24N4O2. The van der Waals surface area contributed by atoms with E-state index in [2.05, 4.69) is 21.7 Å². The second-order valence-corrected chi connectivity index (χ2v) is 6.54. The molecule has 3 rings (SSSR count). The Balaban J connectivity index is 1.58. The summed E-state index contributed by atoms with van der Waals surface area (Å²) in [5.74, 6) is -0.167. The minimum Gasteiger partial charge on any atom is -0.361 e. The number of benzene rings is 2. The van der Waals surface area contributed by atoms with Crippen LogP contribution in [0.1, 0.15) is 24.5 Å². The van der Waals surface area contributed by atoms with Gasteiger partial charge in [0.2, 0.25) is 11.8 Å². The summed E-state index contributed by atoms with van der Waals surface area (Å²) in [5.41, 5.74) is 10.5. The maximum Gasteiger partial charge on any atom is 0.224 e. The fraction of sp³-hybridized carbons (Fsp3) is 0.238. The highest BCUT2D eigenvalue weighted by Crippen LogP contribution is 2.21. The quantitative estimate of drug-likeness (QED) is 0.518. The molecule has 0 bridgehead atoms. The van der Waals surface area contributed by atoms with Gasteiger partial charge < -0.3 is 21.4 Å². The predicted octanol–water partition coefficient (Wildman–Crippen LogP) is 3.20. The van der Waals surface area contributed by atoms with Crippen LogP contribution in [-0.2, 0) is 22.4 Å². The van der Waals surface area contributed by atoms with E-state index in [0.29, 0.717) is 30.8 Å². The first-order valence-corrected chi connectivity index (χ1v) is 9.01. The molecule has 6 heteroatoms. The Morgan fingerprint density at radius 1 is 1.00 bits per heavy atom. The number of aromatic amines is 1. The summed E-state index contributed by atoms with van der Waals surface area (Å²) in [6.07, 6.45) is 3.89. The third kappa shape index (κ3) is 4.95. The minimum absolute atomic E-state index is 0.0429. The van der Waals surface area contributed by atoms with Crippen molar-refractivity contribution in [3.8, 4) is 0 Å². The van der Waals surface area contributed by atoms with Crippen LogP contribution in [0.25, 0.3) is 10.9 Å². The molecule has 0 atom stereocenters. The maximum absolute atomic E-state index is 12.2. The lowest BCUT2D eigenvalue weighted by Crippen LogP contribution is -2.12. The zero-order valence-corrected chi connectivity index (χ0v) is 15.3. The van der Waals surface area contributed by atoms with Crippen LogP contribution in [0.5, 0.6) is 0 Å². The van der Waals surface area contributed by atoms with Crippen molar-refractivity contribution in [3.05, 3.63) is 59.8 Å². The molecule has 1 heterocycles. The molecule has 0 radical (unpaired) electrons. The van der Waals surface area contributed by atoms with Crippen LogP contribution in [-0.4, -0.2) is 23.3 Å². The first-order valence-electron chi connectivity index (χ1n) is 9.01. The van der Waals surface area contributed by atoms with Crippen molar-refractivity contribution in [1.29, 1.82) is 0 Å². The second kappa shape index (κ2) is 8.51. The maximum atomic E-state index is 12.2. The Bertz CT molecular complexity index is 944. The van der Waals surface area contributed by atoms with E-state index in [9.17, 15) is 9.59 Å². The molecule has 0 unspecified atom stereocenters. The van der Waals surface area contributed by atoms with E-state index in [1.807, 2.05) is 18.3 Å². The molecule has 3 aromatic rings. The van der Waals surface area contributed by atoms with Gasteiger partial charge in [0, 0.05) is 41.8 Å². The summed E-state index contributed by atoms with van der Waals surface area (Å²) in [4.78, 5) is 26.5. The van der Waals surface area contributed by atoms with Crippen molar-refractivity contribution in [2.75, 3.05) is 17.2 Å². The number of fused-ring (bicyclic) bond motifs is 1. The molecule has 0 fully saturated rings. The van der Waals surface area contributed by atoms with Gasteiger partial charge in [-0.2, -0.15) is 0 Å². The molecule has 0 aliphatic heterocycles. The predicted molar refractivity (Wildman–Crippen MR) is 109 cm³/mol. The van der Waals surface area contributed by atoms with Gasteiger partial charge in [0.1, 0.15) is 0 Å². The Kier molecular flexibility index (Phi) is 5.88. The first-order chi connectivity index (χ1) is 13.0. The van der Waals surface area contributed by atoms with Crippen LogP contribution in [0, 0.1) is 0 Å². The van der Waals surface area contributed by atoms with Gasteiger partial charge in [0.05, 0.1) is 0 Å². The van der Waals surface area contributed by atoms with Gasteiger partial charge in [0.25, 0.3) is 0 Å². The fourth-order valence-corrected chi connectivity index (χ4v) is 3.06. The van der Waals surface area contributed by atoms with Crippen molar-refractivity contribution in [3.63, 3.8) is 0 Å². The van der Waals surface area contributed by atoms with E-state index in [1.165, 1.54) is 17.9 Å². The third-order valence-electron chi connectivity index (χ3n) is 4.38. The zero-order valence-electron chi connectivity index (χ0n) is 15.3. The molecule has 0 spiro atoms. The van der Waals surface area contributed by atoms with E-state index >= 15 is 0 Å². The van der Waals surface area contributed by atoms with Gasteiger partial charge >= 0.3 is 0 Å². The highest BCUT2D eigenvalue weighted by atomic mass is 16.2. The molecule has 27 heavy (non-hydrogen) atoms. The number of anilines is 2. The van der Waals surface area contributed by atoms with Gasteiger partial charge in [-0.3, -0.25) is 9.59 Å². The average molecular weight is 364 g/mol. The standard InChI is InChI=1S/C21H24N4O2/c1-14(26)24-17-4-6-18(7-5-17)25-21(27)9-3-15-2-8-20-19(12-15)16(10-11-22)13-23-20/h2,4-8,12-13,23H,3,9-11,22H2,1H3,(H,24,26)(H,25,27). The lowest BCUT2D eigenvalue weighted by Gasteiger charge is -2.07. The second-order valence-electron chi connectivity index (χ2n) is 6.54. The Morgan fingerprint density at radius 3 is 2.37 bits per heavy atom. The van der Waals surface area contributed by atoms with E-state index in [-0.39, 0.29) is 11.8 Å². The van der Waals surface area contributed by atoms with Gasteiger partial charge in [-0.25, -0.2) is 0 Å². The lowest BCUT2D eigenvalue weighted by atomic mass is 10.0. The molecule has 0 aliphatic rings. The number of nitrogens with two attached hydrogens (primary N) is 1. The number of nitrogens with one attached hydrogen (secondary N) is 3. The largest absolute Gasteiger partial charge is 0.361 e. The number of aromatic nitrogens is 1. The van der Waals surface area contributed by atoms with Crippen LogP contribution in [0.4, 0.5) is 11.4 Å². The zero-order chi connectivity index (χ0) is 19.2. The van der Waals surface area contributed by atoms with Crippen molar-refractivity contribution in [2.24, 2.45) is 5.73 Å². The number of aryl methyl sites for hydroxylation is 1. The van der Waals surface area contributed by atoms with Gasteiger partial charge in [-0.15, -0.1) is 0 Å². The van der Waals surface area contributed by atoms with Crippen molar-refractivity contribution >= 4 is 34.1 Å². The summed E-state index contributed by atoms with van der Waals surface area (Å²) in [5, 5.41) is 6.75. The summed E-state index contributed by atoms with van der Waals surface area (Å²) in [6.45, 7) is 2.07. The van der Waals surface area contributed by atoms with Crippen LogP contribution in [0.2, 0.25) is 0 Å². The van der Waals surface area contributed by atoms with E-state index in [4.69, 9.17) is 5.73 Å². The van der Waals surface area contributed by atoms with Crippen molar-refractivity contribution < 1.29 is 9.59 Å². The van der Waals surface area contributed by atoms with Crippen LogP contribution >= 0.6 is 0 Å². The lowest BCUT2D eigenvalue weighted by molar-refractivity contribution is -0.116. The molecule has 5 N–H and O–H groups in total. The SMILES string of the molecule is CC(=O)Nc1ccc(NC(=O)CCc2ccc3[nH]cc(CCN)c3c2)cc1. The van der Waals surface area contributed by atoms with Crippen LogP contribution in [0.3, 0.4) is 0 Å². The monoisotopic (exact) mass is 364 g/mol. The summed E-state index contributed by atoms with van der Waals surface area (Å²) in [7, 11) is 0. The highest BCUT2D eigenvalue weighted by Gasteiger charge is 2.07. The number of carbonyl (C=O) groups excluding carboxylic acids is 2. The molecular weight excluding hydrogens is 340 g/mol. The minimum atomic E-state index is -0.124. The Hall–Kier alpha value is -3.12. The normalized spacial score (nSPS) is 10.7. The third-order valence-corrected chi connectivity index (χ3v) is 4.38. The number of H-pyrrole nitrogens is 1. The molecule has 1 aromatic heterocycles. The van der Waals surface area contributed by atoms with E-state index < -0.39 is 0 Å². The summed E-state index contributed by atoms with van der Waals surface area (Å²) in [6, 6.07) is 13.3. The Morgan fingerprint density at radius 2 is 1.70 bits per heavy atom. The Labute approximate surface area is 158 Å². The van der Waals surface area contributed by atoms with E-state index in [0.717, 1.165) is 17.5 Å². The van der Waals surface area contributed by atoms with Crippen molar-refractivity contribution in [2.45, 2.75) is 26.2 Å². The molecule has 2 amide bonds. The molecule has 2 aromatic carbocycles. The topological polar surface area (TPSA) is 100 Å². The molecule has 140 valence electrons. The fourth-order valence-electron chi connectivity index (χ4n) is 3.06. The van der Waals surface area contributed by atoms with Crippen LogP contribution in [0.15, 0.2) is 48.7 Å². The number of amides is 2. The number of carbonyl (C=O) groups is 2. The van der Waals surface area contributed by atoms with Gasteiger partial charge in [-0.1, -0.05) is 6.07 Å². The molecule has 0 aliphatic carbocycles. The molecule has 6 nitrogen and oxygen atoms in total.